The summed E-state index contributed by atoms with van der Waals surface area (Å²) in [5.74, 6) is 2.70. The van der Waals surface area contributed by atoms with Gasteiger partial charge in [-0.1, -0.05) is 26.7 Å². The molecule has 0 amide bonds. The summed E-state index contributed by atoms with van der Waals surface area (Å²) in [6, 6.07) is 4.13. The van der Waals surface area contributed by atoms with Gasteiger partial charge in [0.25, 0.3) is 0 Å². The molecule has 0 spiro atoms. The van der Waals surface area contributed by atoms with Crippen LogP contribution in [0.5, 0.6) is 0 Å². The lowest BCUT2D eigenvalue weighted by Gasteiger charge is -2.36. The molecule has 0 heterocycles. The van der Waals surface area contributed by atoms with Crippen LogP contribution in [-0.2, 0) is 11.0 Å². The maximum Gasteiger partial charge on any atom is 0.192 e. The zero-order valence-electron chi connectivity index (χ0n) is 13.3. The highest BCUT2D eigenvalue weighted by molar-refractivity contribution is 6.74. The number of terminal acetylenes is 1. The Balaban J connectivity index is 2.94. The summed E-state index contributed by atoms with van der Waals surface area (Å²) in [6.07, 6.45) is 5.46. The average Bonchev–Trinajstić information content (AvgIpc) is 2.25. The Morgan fingerprint density at radius 1 is 1.16 bits per heavy atom. The predicted octanol–water partition coefficient (Wildman–Crippen LogP) is 4.81. The van der Waals surface area contributed by atoms with E-state index in [1.165, 1.54) is 16.7 Å². The first kappa shape index (κ1) is 16.0. The minimum absolute atomic E-state index is 0.244. The maximum atomic E-state index is 6.30. The Morgan fingerprint density at radius 2 is 1.63 bits per heavy atom. The van der Waals surface area contributed by atoms with Crippen LogP contribution in [0.4, 0.5) is 0 Å². The molecule has 0 atom stereocenters. The molecule has 19 heavy (non-hydrogen) atoms. The van der Waals surface area contributed by atoms with E-state index in [4.69, 9.17) is 10.8 Å². The summed E-state index contributed by atoms with van der Waals surface area (Å²) in [4.78, 5) is 0. The van der Waals surface area contributed by atoms with Gasteiger partial charge in [0, 0.05) is 5.56 Å². The molecule has 1 aromatic carbocycles. The lowest BCUT2D eigenvalue weighted by Crippen LogP contribution is -2.40. The summed E-state index contributed by atoms with van der Waals surface area (Å²) < 4.78 is 6.30. The topological polar surface area (TPSA) is 9.23 Å². The van der Waals surface area contributed by atoms with Gasteiger partial charge in [-0.2, -0.15) is 0 Å². The van der Waals surface area contributed by atoms with Crippen LogP contribution in [-0.4, -0.2) is 8.32 Å². The Kier molecular flexibility index (Phi) is 4.66. The van der Waals surface area contributed by atoms with Gasteiger partial charge in [-0.15, -0.1) is 6.42 Å². The van der Waals surface area contributed by atoms with Crippen LogP contribution in [0.25, 0.3) is 0 Å². The molecule has 0 radical (unpaired) electrons. The van der Waals surface area contributed by atoms with Crippen molar-refractivity contribution in [3.63, 3.8) is 0 Å². The average molecular weight is 274 g/mol. The molecule has 0 aliphatic carbocycles. The van der Waals surface area contributed by atoms with E-state index in [0.29, 0.717) is 6.61 Å². The highest BCUT2D eigenvalue weighted by atomic mass is 28.4. The van der Waals surface area contributed by atoms with Gasteiger partial charge < -0.3 is 4.43 Å². The molecule has 104 valence electrons. The zero-order chi connectivity index (χ0) is 14.8. The van der Waals surface area contributed by atoms with Crippen LogP contribution < -0.4 is 0 Å². The fourth-order valence-corrected chi connectivity index (χ4v) is 2.71. The third-order valence-corrected chi connectivity index (χ3v) is 8.72. The monoisotopic (exact) mass is 274 g/mol. The summed E-state index contributed by atoms with van der Waals surface area (Å²) in [5.41, 5.74) is 4.69. The smallest absolute Gasteiger partial charge is 0.192 e. The van der Waals surface area contributed by atoms with Crippen molar-refractivity contribution in [3.05, 3.63) is 34.4 Å². The number of hydrogen-bond acceptors (Lipinski definition) is 1. The van der Waals surface area contributed by atoms with E-state index < -0.39 is 8.32 Å². The number of benzene rings is 1. The minimum atomic E-state index is -1.70. The number of hydrogen-bond donors (Lipinski definition) is 0. The summed E-state index contributed by atoms with van der Waals surface area (Å²) in [7, 11) is -1.70. The van der Waals surface area contributed by atoms with Crippen LogP contribution in [0.1, 0.15) is 43.0 Å². The van der Waals surface area contributed by atoms with Crippen molar-refractivity contribution in [1.82, 2.24) is 0 Å². The minimum Gasteiger partial charge on any atom is -0.413 e. The molecule has 0 aliphatic heterocycles. The van der Waals surface area contributed by atoms with Gasteiger partial charge in [0.05, 0.1) is 6.61 Å². The van der Waals surface area contributed by atoms with Crippen molar-refractivity contribution in [1.29, 1.82) is 0 Å². The van der Waals surface area contributed by atoms with Crippen molar-refractivity contribution in [3.8, 4) is 12.3 Å². The molecule has 1 aromatic rings. The number of aryl methyl sites for hydroxylation is 2. The molecule has 0 fully saturated rings. The van der Waals surface area contributed by atoms with Gasteiger partial charge in [0.2, 0.25) is 0 Å². The SMILES string of the molecule is C#Cc1cc(C)c(CO[Si](C)(C)C(C)(C)C)c(C)c1. The van der Waals surface area contributed by atoms with Gasteiger partial charge in [0.1, 0.15) is 0 Å². The third kappa shape index (κ3) is 3.71. The molecule has 0 aliphatic rings. The highest BCUT2D eigenvalue weighted by Gasteiger charge is 2.37. The summed E-state index contributed by atoms with van der Waals surface area (Å²) in [5, 5.41) is 0.244. The molecule has 0 aromatic heterocycles. The quantitative estimate of drug-likeness (QED) is 0.568. The summed E-state index contributed by atoms with van der Waals surface area (Å²) in [6.45, 7) is 16.3. The van der Waals surface area contributed by atoms with Crippen LogP contribution in [0.2, 0.25) is 18.1 Å². The standard InChI is InChI=1S/C17H26OSi/c1-9-15-10-13(2)16(14(3)11-15)12-18-19(7,8)17(4,5)6/h1,10-11H,12H2,2-8H3. The second-order valence-corrected chi connectivity index (χ2v) is 11.6. The Morgan fingerprint density at radius 3 is 2.00 bits per heavy atom. The van der Waals surface area contributed by atoms with Crippen molar-refractivity contribution in [2.24, 2.45) is 0 Å². The van der Waals surface area contributed by atoms with E-state index in [1.807, 2.05) is 0 Å². The fourth-order valence-electron chi connectivity index (χ4n) is 1.77. The molecule has 0 N–H and O–H groups in total. The van der Waals surface area contributed by atoms with Crippen molar-refractivity contribution < 1.29 is 4.43 Å². The van der Waals surface area contributed by atoms with Crippen LogP contribution in [0, 0.1) is 26.2 Å². The van der Waals surface area contributed by atoms with E-state index in [9.17, 15) is 0 Å². The third-order valence-electron chi connectivity index (χ3n) is 4.25. The molecule has 0 bridgehead atoms. The molecule has 1 nitrogen and oxygen atoms in total. The van der Waals surface area contributed by atoms with Crippen molar-refractivity contribution in [2.45, 2.75) is 59.4 Å². The van der Waals surface area contributed by atoms with Crippen molar-refractivity contribution in [2.75, 3.05) is 0 Å². The van der Waals surface area contributed by atoms with Gasteiger partial charge in [-0.25, -0.2) is 0 Å². The summed E-state index contributed by atoms with van der Waals surface area (Å²) >= 11 is 0. The predicted molar refractivity (Wildman–Crippen MR) is 85.8 cm³/mol. The molecule has 1 rings (SSSR count). The van der Waals surface area contributed by atoms with E-state index in [2.05, 4.69) is 65.8 Å². The van der Waals surface area contributed by atoms with E-state index in [1.54, 1.807) is 0 Å². The van der Waals surface area contributed by atoms with Crippen molar-refractivity contribution >= 4 is 8.32 Å². The lowest BCUT2D eigenvalue weighted by atomic mass is 10.0. The Hall–Kier alpha value is -1.04. The van der Waals surface area contributed by atoms with E-state index in [0.717, 1.165) is 5.56 Å². The second-order valence-electron chi connectivity index (χ2n) is 6.78. The Labute approximate surface area is 119 Å². The maximum absolute atomic E-state index is 6.30. The first-order chi connectivity index (χ1) is 8.58. The van der Waals surface area contributed by atoms with Crippen LogP contribution >= 0.6 is 0 Å². The second kappa shape index (κ2) is 5.52. The molecule has 0 saturated carbocycles. The normalized spacial score (nSPS) is 12.3. The van der Waals surface area contributed by atoms with Gasteiger partial charge in [-0.05, 0) is 60.8 Å². The lowest BCUT2D eigenvalue weighted by molar-refractivity contribution is 0.275. The zero-order valence-corrected chi connectivity index (χ0v) is 14.3. The molecular weight excluding hydrogens is 248 g/mol. The number of rotatable bonds is 3. The van der Waals surface area contributed by atoms with Gasteiger partial charge >= 0.3 is 0 Å². The van der Waals surface area contributed by atoms with Gasteiger partial charge in [-0.3, -0.25) is 0 Å². The fraction of sp³-hybridized carbons (Fsp3) is 0.529. The Bertz CT molecular complexity index is 478. The van der Waals surface area contributed by atoms with Gasteiger partial charge in [0.15, 0.2) is 8.32 Å². The largest absolute Gasteiger partial charge is 0.413 e. The highest BCUT2D eigenvalue weighted by Crippen LogP contribution is 2.37. The van der Waals surface area contributed by atoms with Crippen LogP contribution in [0.15, 0.2) is 12.1 Å². The molecular formula is C17H26OSi. The molecule has 2 heteroatoms. The van der Waals surface area contributed by atoms with E-state index >= 15 is 0 Å². The van der Waals surface area contributed by atoms with E-state index in [-0.39, 0.29) is 5.04 Å². The first-order valence-corrected chi connectivity index (χ1v) is 9.70. The van der Waals surface area contributed by atoms with Crippen LogP contribution in [0.3, 0.4) is 0 Å². The molecule has 0 saturated heterocycles. The first-order valence-electron chi connectivity index (χ1n) is 6.79. The molecule has 0 unspecified atom stereocenters.